The number of carbonyl (C=O) groups excluding carboxylic acids is 2. The second kappa shape index (κ2) is 6.88. The number of likely N-dealkylation sites (N-methyl/N-ethyl adjacent to an activating group) is 1. The highest BCUT2D eigenvalue weighted by molar-refractivity contribution is 7.90. The van der Waals surface area contributed by atoms with Crippen molar-refractivity contribution in [2.75, 3.05) is 13.6 Å². The highest BCUT2D eigenvalue weighted by Gasteiger charge is 2.31. The van der Waals surface area contributed by atoms with Gasteiger partial charge in [0, 0.05) is 12.6 Å². The van der Waals surface area contributed by atoms with Gasteiger partial charge in [0.05, 0.1) is 12.1 Å². The highest BCUT2D eigenvalue weighted by atomic mass is 32.2. The van der Waals surface area contributed by atoms with Crippen molar-refractivity contribution in [2.24, 2.45) is 4.40 Å². The predicted octanol–water partition coefficient (Wildman–Crippen LogP) is 0.738. The van der Waals surface area contributed by atoms with Crippen molar-refractivity contribution in [2.45, 2.75) is 18.7 Å². The van der Waals surface area contributed by atoms with Gasteiger partial charge in [-0.15, -0.1) is 4.40 Å². The maximum atomic E-state index is 12.1. The molecule has 1 aliphatic rings. The lowest BCUT2D eigenvalue weighted by Gasteiger charge is -2.18. The minimum atomic E-state index is -3.77. The van der Waals surface area contributed by atoms with E-state index in [1.54, 1.807) is 45.2 Å². The fourth-order valence-electron chi connectivity index (χ4n) is 2.74. The maximum Gasteiger partial charge on any atom is 0.285 e. The van der Waals surface area contributed by atoms with Crippen LogP contribution >= 0.6 is 0 Å². The molecule has 0 atom stereocenters. The van der Waals surface area contributed by atoms with Gasteiger partial charge in [0.25, 0.3) is 21.8 Å². The Labute approximate surface area is 156 Å². The Balaban J connectivity index is 1.63. The summed E-state index contributed by atoms with van der Waals surface area (Å²) in [6.45, 7) is 3.16. The van der Waals surface area contributed by atoms with Gasteiger partial charge in [-0.1, -0.05) is 12.1 Å². The molecular formula is C17H18N4O5S. The fourth-order valence-corrected chi connectivity index (χ4v) is 4.00. The zero-order chi connectivity index (χ0) is 19.8. The van der Waals surface area contributed by atoms with Crippen LogP contribution in [0.5, 0.6) is 0 Å². The van der Waals surface area contributed by atoms with E-state index in [1.807, 2.05) is 0 Å². The minimum Gasteiger partial charge on any atom is -0.466 e. The van der Waals surface area contributed by atoms with E-state index in [2.05, 4.69) is 15.2 Å². The highest BCUT2D eigenvalue weighted by Crippen LogP contribution is 2.26. The summed E-state index contributed by atoms with van der Waals surface area (Å²) in [5.41, 5.74) is 5.34. The van der Waals surface area contributed by atoms with E-state index in [4.69, 9.17) is 4.42 Å². The van der Waals surface area contributed by atoms with Crippen molar-refractivity contribution in [3.8, 4) is 0 Å². The monoisotopic (exact) mass is 390 g/mol. The quantitative estimate of drug-likeness (QED) is 0.746. The molecule has 2 aromatic rings. The number of hydrogen-bond acceptors (Lipinski definition) is 6. The molecule has 0 saturated heterocycles. The first-order valence-electron chi connectivity index (χ1n) is 8.01. The topological polar surface area (TPSA) is 121 Å². The second-order valence-electron chi connectivity index (χ2n) is 6.07. The molecular weight excluding hydrogens is 372 g/mol. The molecule has 142 valence electrons. The molecule has 2 heterocycles. The first-order valence-corrected chi connectivity index (χ1v) is 9.45. The van der Waals surface area contributed by atoms with Gasteiger partial charge in [0.15, 0.2) is 5.84 Å². The number of carbonyl (C=O) groups is 2. The molecule has 0 unspecified atom stereocenters. The van der Waals surface area contributed by atoms with Gasteiger partial charge < -0.3 is 9.32 Å². The van der Waals surface area contributed by atoms with E-state index < -0.39 is 21.8 Å². The summed E-state index contributed by atoms with van der Waals surface area (Å²) in [6.07, 6.45) is 0. The van der Waals surface area contributed by atoms with Crippen LogP contribution in [0, 0.1) is 13.8 Å². The number of furan rings is 1. The van der Waals surface area contributed by atoms with E-state index >= 15 is 0 Å². The molecule has 3 rings (SSSR count). The standard InChI is InChI=1S/C17H18N4O5S/c1-10-8-13(11(2)26-10)17(23)19-18-15(22)9-21(3)16-12-6-4-5-7-14(12)27(24,25)20-16/h4-8H,9H2,1-3H3,(H,18,22)(H,19,23). The summed E-state index contributed by atoms with van der Waals surface area (Å²) in [5, 5.41) is 0. The first-order chi connectivity index (χ1) is 12.7. The van der Waals surface area contributed by atoms with Gasteiger partial charge in [-0.3, -0.25) is 20.4 Å². The molecule has 0 spiro atoms. The first kappa shape index (κ1) is 18.6. The molecule has 0 fully saturated rings. The maximum absolute atomic E-state index is 12.1. The molecule has 0 radical (unpaired) electrons. The van der Waals surface area contributed by atoms with E-state index in [-0.39, 0.29) is 17.3 Å². The van der Waals surface area contributed by atoms with Gasteiger partial charge >= 0.3 is 0 Å². The number of nitrogens with one attached hydrogen (secondary N) is 2. The fraction of sp³-hybridized carbons (Fsp3) is 0.235. The van der Waals surface area contributed by atoms with Crippen LogP contribution < -0.4 is 10.9 Å². The third-order valence-corrected chi connectivity index (χ3v) is 5.28. The van der Waals surface area contributed by atoms with Crippen LogP contribution in [-0.4, -0.2) is 44.6 Å². The largest absolute Gasteiger partial charge is 0.466 e. The van der Waals surface area contributed by atoms with Crippen LogP contribution in [0.3, 0.4) is 0 Å². The SMILES string of the molecule is Cc1cc(C(=O)NNC(=O)CN(C)C2=NS(=O)(=O)c3ccccc32)c(C)o1. The van der Waals surface area contributed by atoms with Crippen LogP contribution in [0.25, 0.3) is 0 Å². The number of rotatable bonds is 3. The smallest absolute Gasteiger partial charge is 0.285 e. The van der Waals surface area contributed by atoms with Crippen LogP contribution in [0.2, 0.25) is 0 Å². The molecule has 1 aliphatic heterocycles. The van der Waals surface area contributed by atoms with Crippen molar-refractivity contribution in [3.63, 3.8) is 0 Å². The van der Waals surface area contributed by atoms with Crippen molar-refractivity contribution < 1.29 is 22.4 Å². The van der Waals surface area contributed by atoms with Gasteiger partial charge in [-0.2, -0.15) is 8.42 Å². The summed E-state index contributed by atoms with van der Waals surface area (Å²) in [6, 6.07) is 7.96. The van der Waals surface area contributed by atoms with E-state index in [9.17, 15) is 18.0 Å². The Morgan fingerprint density at radius 2 is 1.89 bits per heavy atom. The zero-order valence-corrected chi connectivity index (χ0v) is 15.8. The number of hydrogen-bond donors (Lipinski definition) is 2. The minimum absolute atomic E-state index is 0.103. The van der Waals surface area contributed by atoms with Crippen LogP contribution in [-0.2, 0) is 14.8 Å². The van der Waals surface area contributed by atoms with Gasteiger partial charge in [0.2, 0.25) is 0 Å². The summed E-state index contributed by atoms with van der Waals surface area (Å²) >= 11 is 0. The molecule has 0 aliphatic carbocycles. The van der Waals surface area contributed by atoms with E-state index in [0.29, 0.717) is 22.6 Å². The number of hydrazine groups is 1. The van der Waals surface area contributed by atoms with Crippen molar-refractivity contribution in [1.29, 1.82) is 0 Å². The Hall–Kier alpha value is -3.14. The lowest BCUT2D eigenvalue weighted by Crippen LogP contribution is -2.46. The number of sulfonamides is 1. The predicted molar refractivity (Wildman–Crippen MR) is 96.6 cm³/mol. The van der Waals surface area contributed by atoms with E-state index in [0.717, 1.165) is 0 Å². The average molecular weight is 390 g/mol. The van der Waals surface area contributed by atoms with Crippen LogP contribution in [0.1, 0.15) is 27.4 Å². The summed E-state index contributed by atoms with van der Waals surface area (Å²) in [4.78, 5) is 25.7. The Morgan fingerprint density at radius 3 is 2.56 bits per heavy atom. The number of amidine groups is 1. The van der Waals surface area contributed by atoms with E-state index in [1.165, 1.54) is 11.0 Å². The molecule has 27 heavy (non-hydrogen) atoms. The summed E-state index contributed by atoms with van der Waals surface area (Å²) in [7, 11) is -2.22. The molecule has 2 amide bonds. The third kappa shape index (κ3) is 3.70. The molecule has 0 saturated carbocycles. The number of amides is 2. The van der Waals surface area contributed by atoms with Crippen LogP contribution in [0.15, 0.2) is 44.0 Å². The third-order valence-electron chi connectivity index (χ3n) is 3.96. The number of nitrogens with zero attached hydrogens (tertiary/aromatic N) is 2. The lowest BCUT2D eigenvalue weighted by atomic mass is 10.2. The molecule has 1 aromatic heterocycles. The average Bonchev–Trinajstić information content (AvgIpc) is 3.09. The van der Waals surface area contributed by atoms with Gasteiger partial charge in [-0.05, 0) is 32.0 Å². The summed E-state index contributed by atoms with van der Waals surface area (Å²) in [5.74, 6) is 0.161. The molecule has 9 nitrogen and oxygen atoms in total. The second-order valence-corrected chi connectivity index (χ2v) is 7.64. The van der Waals surface area contributed by atoms with Crippen molar-refractivity contribution >= 4 is 27.7 Å². The Kier molecular flexibility index (Phi) is 4.75. The van der Waals surface area contributed by atoms with Gasteiger partial charge in [-0.25, -0.2) is 0 Å². The lowest BCUT2D eigenvalue weighted by molar-refractivity contribution is -0.122. The molecule has 2 N–H and O–H groups in total. The molecule has 10 heteroatoms. The van der Waals surface area contributed by atoms with Gasteiger partial charge in [0.1, 0.15) is 16.4 Å². The number of aryl methyl sites for hydroxylation is 2. The molecule has 1 aromatic carbocycles. The normalized spacial score (nSPS) is 14.3. The molecule has 0 bridgehead atoms. The van der Waals surface area contributed by atoms with Crippen molar-refractivity contribution in [1.82, 2.24) is 15.8 Å². The Morgan fingerprint density at radius 1 is 1.19 bits per heavy atom. The summed E-state index contributed by atoms with van der Waals surface area (Å²) < 4.78 is 33.2. The van der Waals surface area contributed by atoms with Crippen LogP contribution in [0.4, 0.5) is 0 Å². The Bertz CT molecular complexity index is 1060. The zero-order valence-electron chi connectivity index (χ0n) is 14.9. The number of benzene rings is 1. The van der Waals surface area contributed by atoms with Crippen molar-refractivity contribution in [3.05, 3.63) is 53.0 Å². The number of fused-ring (bicyclic) bond motifs is 1.